The van der Waals surface area contributed by atoms with Crippen LogP contribution in [0.15, 0.2) is 17.1 Å². The molecule has 2 saturated carbocycles. The normalized spacial score (nSPS) is 19.3. The van der Waals surface area contributed by atoms with Crippen LogP contribution >= 0.6 is 0 Å². The van der Waals surface area contributed by atoms with E-state index in [2.05, 4.69) is 28.3 Å². The van der Waals surface area contributed by atoms with Crippen LogP contribution in [-0.2, 0) is 19.5 Å². The number of aromatic nitrogens is 5. The zero-order valence-corrected chi connectivity index (χ0v) is 17.9. The molecule has 8 nitrogen and oxygen atoms in total. The minimum absolute atomic E-state index is 0.210. The Balaban J connectivity index is 1.38. The van der Waals surface area contributed by atoms with E-state index in [0.29, 0.717) is 18.2 Å². The highest BCUT2D eigenvalue weighted by molar-refractivity contribution is 5.55. The second kappa shape index (κ2) is 6.39. The van der Waals surface area contributed by atoms with Crippen molar-refractivity contribution in [2.24, 2.45) is 5.41 Å². The summed E-state index contributed by atoms with van der Waals surface area (Å²) in [4.78, 5) is 24.8. The summed E-state index contributed by atoms with van der Waals surface area (Å²) in [6, 6.07) is 4.67. The molecule has 158 valence electrons. The van der Waals surface area contributed by atoms with Crippen LogP contribution in [0.4, 0.5) is 5.82 Å². The van der Waals surface area contributed by atoms with Crippen molar-refractivity contribution >= 4 is 11.6 Å². The Morgan fingerprint density at radius 2 is 2.10 bits per heavy atom. The van der Waals surface area contributed by atoms with Crippen LogP contribution in [0, 0.1) is 30.6 Å². The van der Waals surface area contributed by atoms with Gasteiger partial charge in [-0.25, -0.2) is 13.9 Å². The van der Waals surface area contributed by atoms with Crippen molar-refractivity contribution in [1.29, 1.82) is 5.26 Å². The number of nitrogens with zero attached hydrogens (tertiary/aromatic N) is 7. The fraction of sp³-hybridized carbons (Fsp3) is 0.522. The molecule has 3 aliphatic rings. The molecule has 8 heteroatoms. The molecule has 2 aliphatic carbocycles. The molecule has 0 saturated heterocycles. The first-order valence-electron chi connectivity index (χ1n) is 11.1. The summed E-state index contributed by atoms with van der Waals surface area (Å²) in [5.74, 6) is 1.98. The molecule has 0 bridgehead atoms. The van der Waals surface area contributed by atoms with Gasteiger partial charge in [-0.3, -0.25) is 4.98 Å². The van der Waals surface area contributed by atoms with Crippen molar-refractivity contribution in [2.45, 2.75) is 65.0 Å². The van der Waals surface area contributed by atoms with Crippen molar-refractivity contribution in [3.05, 3.63) is 50.8 Å². The highest BCUT2D eigenvalue weighted by Gasteiger charge is 2.44. The number of anilines is 1. The van der Waals surface area contributed by atoms with Crippen molar-refractivity contribution < 1.29 is 0 Å². The Kier molecular flexibility index (Phi) is 3.83. The van der Waals surface area contributed by atoms with E-state index in [1.165, 1.54) is 34.3 Å². The molecule has 1 aliphatic heterocycles. The van der Waals surface area contributed by atoms with Gasteiger partial charge < -0.3 is 4.90 Å². The third-order valence-electron chi connectivity index (χ3n) is 7.19. The SMILES string of the molecule is Cc1c(N2CCc3ncc(C4CC4)cc3C2)nc2nn(CC3(C#N)CC3)c(=O)n2c1C. The van der Waals surface area contributed by atoms with Gasteiger partial charge in [0.2, 0.25) is 0 Å². The van der Waals surface area contributed by atoms with Gasteiger partial charge in [0.05, 0.1) is 18.0 Å². The van der Waals surface area contributed by atoms with E-state index in [-0.39, 0.29) is 5.69 Å². The van der Waals surface area contributed by atoms with Crippen molar-refractivity contribution in [3.63, 3.8) is 0 Å². The Hall–Kier alpha value is -3.21. The lowest BCUT2D eigenvalue weighted by Crippen LogP contribution is -2.33. The van der Waals surface area contributed by atoms with Gasteiger partial charge >= 0.3 is 5.69 Å². The predicted octanol–water partition coefficient (Wildman–Crippen LogP) is 2.65. The summed E-state index contributed by atoms with van der Waals surface area (Å²) in [6.45, 7) is 5.92. The third kappa shape index (κ3) is 2.94. The van der Waals surface area contributed by atoms with Crippen LogP contribution in [-0.4, -0.2) is 30.7 Å². The Bertz CT molecular complexity index is 1320. The van der Waals surface area contributed by atoms with E-state index in [9.17, 15) is 10.1 Å². The van der Waals surface area contributed by atoms with E-state index in [4.69, 9.17) is 9.97 Å². The van der Waals surface area contributed by atoms with Gasteiger partial charge in [0.25, 0.3) is 5.78 Å². The average Bonchev–Trinajstić information content (AvgIpc) is 3.70. The van der Waals surface area contributed by atoms with E-state index in [1.54, 1.807) is 4.40 Å². The fourth-order valence-electron chi connectivity index (χ4n) is 4.69. The fourth-order valence-corrected chi connectivity index (χ4v) is 4.69. The topological polar surface area (TPSA) is 92.1 Å². The first kappa shape index (κ1) is 18.6. The number of nitriles is 1. The largest absolute Gasteiger partial charge is 0.351 e. The highest BCUT2D eigenvalue weighted by Crippen LogP contribution is 2.46. The van der Waals surface area contributed by atoms with Gasteiger partial charge in [0, 0.05) is 42.7 Å². The standard InChI is InChI=1S/C23H25N7O/c1-14-15(2)30-21(27-29(22(30)31)13-23(12-24)6-7-23)26-20(14)28-8-5-19-18(11-28)9-17(10-25-19)16-3-4-16/h9-10,16H,3-8,11,13H2,1-2H3. The molecule has 0 spiro atoms. The maximum Gasteiger partial charge on any atom is 0.351 e. The van der Waals surface area contributed by atoms with E-state index >= 15 is 0 Å². The molecule has 0 N–H and O–H groups in total. The van der Waals surface area contributed by atoms with Crippen molar-refractivity contribution in [3.8, 4) is 6.07 Å². The first-order valence-corrected chi connectivity index (χ1v) is 11.1. The van der Waals surface area contributed by atoms with Crippen LogP contribution < -0.4 is 10.6 Å². The molecule has 2 fully saturated rings. The summed E-state index contributed by atoms with van der Waals surface area (Å²) in [7, 11) is 0. The summed E-state index contributed by atoms with van der Waals surface area (Å²) < 4.78 is 3.00. The highest BCUT2D eigenvalue weighted by atomic mass is 16.2. The van der Waals surface area contributed by atoms with Gasteiger partial charge in [-0.15, -0.1) is 5.10 Å². The predicted molar refractivity (Wildman–Crippen MR) is 115 cm³/mol. The minimum atomic E-state index is -0.434. The zero-order chi connectivity index (χ0) is 21.3. The Labute approximate surface area is 180 Å². The summed E-state index contributed by atoms with van der Waals surface area (Å²) >= 11 is 0. The van der Waals surface area contributed by atoms with Crippen molar-refractivity contribution in [1.82, 2.24) is 24.1 Å². The quantitative estimate of drug-likeness (QED) is 0.650. The summed E-state index contributed by atoms with van der Waals surface area (Å²) in [5.41, 5.74) is 5.02. The molecule has 0 radical (unpaired) electrons. The second-order valence-electron chi connectivity index (χ2n) is 9.43. The van der Waals surface area contributed by atoms with E-state index in [1.807, 2.05) is 13.8 Å². The van der Waals surface area contributed by atoms with Crippen LogP contribution in [0.2, 0.25) is 0 Å². The van der Waals surface area contributed by atoms with Gasteiger partial charge in [0.1, 0.15) is 5.82 Å². The molecule has 3 aromatic rings. The zero-order valence-electron chi connectivity index (χ0n) is 17.9. The van der Waals surface area contributed by atoms with Crippen LogP contribution in [0.5, 0.6) is 0 Å². The number of fused-ring (bicyclic) bond motifs is 2. The van der Waals surface area contributed by atoms with Crippen molar-refractivity contribution in [2.75, 3.05) is 11.4 Å². The molecular weight excluding hydrogens is 390 g/mol. The average molecular weight is 416 g/mol. The Morgan fingerprint density at radius 1 is 1.29 bits per heavy atom. The van der Waals surface area contributed by atoms with Crippen LogP contribution in [0.3, 0.4) is 0 Å². The monoisotopic (exact) mass is 415 g/mol. The number of aryl methyl sites for hydroxylation is 1. The molecular formula is C23H25N7O. The van der Waals surface area contributed by atoms with Gasteiger partial charge in [0.15, 0.2) is 0 Å². The lowest BCUT2D eigenvalue weighted by molar-refractivity contribution is 0.472. The van der Waals surface area contributed by atoms with Crippen LogP contribution in [0.1, 0.15) is 59.7 Å². The first-order chi connectivity index (χ1) is 15.0. The van der Waals surface area contributed by atoms with Gasteiger partial charge in [-0.2, -0.15) is 10.2 Å². The molecule has 3 aromatic heterocycles. The molecule has 6 rings (SSSR count). The molecule has 0 amide bonds. The lowest BCUT2D eigenvalue weighted by Gasteiger charge is -2.31. The van der Waals surface area contributed by atoms with E-state index in [0.717, 1.165) is 49.4 Å². The second-order valence-corrected chi connectivity index (χ2v) is 9.43. The number of hydrogen-bond donors (Lipinski definition) is 0. The van der Waals surface area contributed by atoms with E-state index < -0.39 is 5.41 Å². The molecule has 4 heterocycles. The summed E-state index contributed by atoms with van der Waals surface area (Å²) in [5, 5.41) is 13.9. The minimum Gasteiger partial charge on any atom is -0.351 e. The smallest absolute Gasteiger partial charge is 0.351 e. The van der Waals surface area contributed by atoms with Gasteiger partial charge in [-0.1, -0.05) is 6.07 Å². The molecule has 0 unspecified atom stereocenters. The molecule has 0 aromatic carbocycles. The summed E-state index contributed by atoms with van der Waals surface area (Å²) in [6.07, 6.45) is 7.13. The molecule has 0 atom stereocenters. The Morgan fingerprint density at radius 3 is 2.81 bits per heavy atom. The van der Waals surface area contributed by atoms with Gasteiger partial charge in [-0.05, 0) is 56.6 Å². The number of rotatable bonds is 4. The number of hydrogen-bond acceptors (Lipinski definition) is 6. The number of pyridine rings is 1. The lowest BCUT2D eigenvalue weighted by atomic mass is 10.0. The maximum absolute atomic E-state index is 13.0. The third-order valence-corrected chi connectivity index (χ3v) is 7.19. The maximum atomic E-state index is 13.0. The van der Waals surface area contributed by atoms with Crippen LogP contribution in [0.25, 0.3) is 5.78 Å². The molecule has 31 heavy (non-hydrogen) atoms.